The fraction of sp³-hybridized carbons (Fsp3) is 0.700. The van der Waals surface area contributed by atoms with Crippen molar-refractivity contribution in [1.29, 1.82) is 0 Å². The molecule has 0 saturated carbocycles. The number of hydrogen-bond acceptors (Lipinski definition) is 3. The van der Waals surface area contributed by atoms with Gasteiger partial charge in [0.25, 0.3) is 0 Å². The zero-order valence-electron chi connectivity index (χ0n) is 8.44. The van der Waals surface area contributed by atoms with Gasteiger partial charge in [-0.15, -0.1) is 0 Å². The second kappa shape index (κ2) is 3.71. The number of aryl methyl sites for hydroxylation is 1. The first-order valence-corrected chi connectivity index (χ1v) is 5.01. The molecule has 0 bridgehead atoms. The smallest absolute Gasteiger partial charge is 0.108 e. The number of nitrogens with zero attached hydrogens (tertiary/aromatic N) is 2. The zero-order chi connectivity index (χ0) is 10.0. The van der Waals surface area contributed by atoms with Crippen molar-refractivity contribution in [3.8, 4) is 0 Å². The summed E-state index contributed by atoms with van der Waals surface area (Å²) in [5.41, 5.74) is 0.143. The first kappa shape index (κ1) is 9.68. The summed E-state index contributed by atoms with van der Waals surface area (Å²) in [6.07, 6.45) is 4.04. The third-order valence-corrected chi connectivity index (χ3v) is 2.84. The van der Waals surface area contributed by atoms with Gasteiger partial charge >= 0.3 is 0 Å². The minimum Gasteiger partial charge on any atom is -0.383 e. The Labute approximate surface area is 83.5 Å². The van der Waals surface area contributed by atoms with Crippen molar-refractivity contribution in [2.75, 3.05) is 13.2 Å². The predicted molar refractivity (Wildman–Crippen MR) is 51.8 cm³/mol. The van der Waals surface area contributed by atoms with Gasteiger partial charge in [0.05, 0.1) is 5.69 Å². The SMILES string of the molecule is Cn1nccc1C1(O)CCCOCC1. The lowest BCUT2D eigenvalue weighted by Crippen LogP contribution is -2.28. The van der Waals surface area contributed by atoms with Crippen LogP contribution in [0.4, 0.5) is 0 Å². The maximum atomic E-state index is 10.5. The summed E-state index contributed by atoms with van der Waals surface area (Å²) in [4.78, 5) is 0. The molecule has 0 aliphatic carbocycles. The van der Waals surface area contributed by atoms with Crippen LogP contribution in [0.15, 0.2) is 12.3 Å². The van der Waals surface area contributed by atoms with E-state index < -0.39 is 5.60 Å². The third kappa shape index (κ3) is 1.67. The fourth-order valence-corrected chi connectivity index (χ4v) is 2.02. The topological polar surface area (TPSA) is 47.3 Å². The second-order valence-electron chi connectivity index (χ2n) is 3.84. The van der Waals surface area contributed by atoms with Crippen LogP contribution < -0.4 is 0 Å². The van der Waals surface area contributed by atoms with E-state index in [9.17, 15) is 5.11 Å². The molecule has 0 radical (unpaired) electrons. The lowest BCUT2D eigenvalue weighted by molar-refractivity contribution is 0.00708. The number of ether oxygens (including phenoxy) is 1. The molecule has 1 aliphatic heterocycles. The Kier molecular flexibility index (Phi) is 2.56. The van der Waals surface area contributed by atoms with Crippen LogP contribution in [0.25, 0.3) is 0 Å². The Morgan fingerprint density at radius 2 is 2.36 bits per heavy atom. The van der Waals surface area contributed by atoms with E-state index in [1.54, 1.807) is 10.9 Å². The molecule has 14 heavy (non-hydrogen) atoms. The van der Waals surface area contributed by atoms with E-state index in [0.717, 1.165) is 25.1 Å². The zero-order valence-corrected chi connectivity index (χ0v) is 8.44. The molecule has 1 aromatic heterocycles. The molecule has 1 aromatic rings. The van der Waals surface area contributed by atoms with Crippen LogP contribution in [0.5, 0.6) is 0 Å². The Bertz CT molecular complexity index is 301. The lowest BCUT2D eigenvalue weighted by atomic mass is 9.91. The van der Waals surface area contributed by atoms with Gasteiger partial charge in [0, 0.05) is 32.9 Å². The van der Waals surface area contributed by atoms with Crippen molar-refractivity contribution < 1.29 is 9.84 Å². The fourth-order valence-electron chi connectivity index (χ4n) is 2.02. The molecule has 0 amide bonds. The standard InChI is InChI=1S/C10H16N2O2/c1-12-9(3-6-11-12)10(13)4-2-7-14-8-5-10/h3,6,13H,2,4-5,7-8H2,1H3. The molecule has 0 aromatic carbocycles. The molecule has 78 valence electrons. The van der Waals surface area contributed by atoms with E-state index >= 15 is 0 Å². The molecule has 1 saturated heterocycles. The van der Waals surface area contributed by atoms with Crippen LogP contribution in [0.2, 0.25) is 0 Å². The molecular weight excluding hydrogens is 180 g/mol. The van der Waals surface area contributed by atoms with Crippen LogP contribution >= 0.6 is 0 Å². The Morgan fingerprint density at radius 3 is 3.07 bits per heavy atom. The van der Waals surface area contributed by atoms with Gasteiger partial charge in [-0.25, -0.2) is 0 Å². The quantitative estimate of drug-likeness (QED) is 0.723. The van der Waals surface area contributed by atoms with E-state index in [2.05, 4.69) is 5.10 Å². The molecule has 4 heteroatoms. The van der Waals surface area contributed by atoms with Crippen molar-refractivity contribution >= 4 is 0 Å². The highest BCUT2D eigenvalue weighted by Crippen LogP contribution is 2.31. The summed E-state index contributed by atoms with van der Waals surface area (Å²) in [6, 6.07) is 1.88. The summed E-state index contributed by atoms with van der Waals surface area (Å²) in [5, 5.41) is 14.5. The minimum atomic E-state index is -0.748. The molecule has 1 aliphatic rings. The highest BCUT2D eigenvalue weighted by atomic mass is 16.5. The number of hydrogen-bond donors (Lipinski definition) is 1. The van der Waals surface area contributed by atoms with Gasteiger partial charge in [0.2, 0.25) is 0 Å². The van der Waals surface area contributed by atoms with Crippen molar-refractivity contribution in [1.82, 2.24) is 9.78 Å². The van der Waals surface area contributed by atoms with Crippen molar-refractivity contribution in [2.24, 2.45) is 7.05 Å². The number of aliphatic hydroxyl groups is 1. The van der Waals surface area contributed by atoms with E-state index in [4.69, 9.17) is 4.74 Å². The van der Waals surface area contributed by atoms with Crippen LogP contribution in [0.1, 0.15) is 25.0 Å². The van der Waals surface area contributed by atoms with Crippen LogP contribution in [-0.2, 0) is 17.4 Å². The highest BCUT2D eigenvalue weighted by molar-refractivity contribution is 5.11. The van der Waals surface area contributed by atoms with E-state index in [1.165, 1.54) is 0 Å². The Balaban J connectivity index is 2.25. The minimum absolute atomic E-state index is 0.627. The van der Waals surface area contributed by atoms with Gasteiger partial charge in [-0.2, -0.15) is 5.10 Å². The van der Waals surface area contributed by atoms with Crippen LogP contribution in [0.3, 0.4) is 0 Å². The molecule has 1 atom stereocenters. The Hall–Kier alpha value is -0.870. The van der Waals surface area contributed by atoms with Crippen molar-refractivity contribution in [3.63, 3.8) is 0 Å². The van der Waals surface area contributed by atoms with Gasteiger partial charge in [0.15, 0.2) is 0 Å². The van der Waals surface area contributed by atoms with Crippen molar-refractivity contribution in [3.05, 3.63) is 18.0 Å². The summed E-state index contributed by atoms with van der Waals surface area (Å²) in [7, 11) is 1.86. The number of rotatable bonds is 1. The molecule has 0 spiro atoms. The lowest BCUT2D eigenvalue weighted by Gasteiger charge is -2.25. The third-order valence-electron chi connectivity index (χ3n) is 2.84. The average Bonchev–Trinajstić information content (AvgIpc) is 2.46. The van der Waals surface area contributed by atoms with Gasteiger partial charge in [-0.05, 0) is 18.9 Å². The first-order chi connectivity index (χ1) is 6.72. The van der Waals surface area contributed by atoms with Gasteiger partial charge in [-0.3, -0.25) is 4.68 Å². The van der Waals surface area contributed by atoms with E-state index in [0.29, 0.717) is 13.0 Å². The molecule has 1 unspecified atom stereocenters. The maximum Gasteiger partial charge on any atom is 0.108 e. The summed E-state index contributed by atoms with van der Waals surface area (Å²) in [5.74, 6) is 0. The molecule has 2 rings (SSSR count). The molecular formula is C10H16N2O2. The molecule has 2 heterocycles. The summed E-state index contributed by atoms with van der Waals surface area (Å²) >= 11 is 0. The van der Waals surface area contributed by atoms with Crippen molar-refractivity contribution in [2.45, 2.75) is 24.9 Å². The maximum absolute atomic E-state index is 10.5. The summed E-state index contributed by atoms with van der Waals surface area (Å²) < 4.78 is 7.08. The Morgan fingerprint density at radius 1 is 1.50 bits per heavy atom. The van der Waals surface area contributed by atoms with Crippen LogP contribution in [0, 0.1) is 0 Å². The normalized spacial score (nSPS) is 28.7. The molecule has 1 fully saturated rings. The first-order valence-electron chi connectivity index (χ1n) is 5.01. The monoisotopic (exact) mass is 196 g/mol. The number of aromatic nitrogens is 2. The van der Waals surface area contributed by atoms with Gasteiger partial charge < -0.3 is 9.84 Å². The van der Waals surface area contributed by atoms with Gasteiger partial charge in [0.1, 0.15) is 5.60 Å². The molecule has 4 nitrogen and oxygen atoms in total. The van der Waals surface area contributed by atoms with Gasteiger partial charge in [-0.1, -0.05) is 0 Å². The highest BCUT2D eigenvalue weighted by Gasteiger charge is 2.32. The largest absolute Gasteiger partial charge is 0.383 e. The predicted octanol–water partition coefficient (Wildman–Crippen LogP) is 0.808. The summed E-state index contributed by atoms with van der Waals surface area (Å²) in [6.45, 7) is 1.38. The second-order valence-corrected chi connectivity index (χ2v) is 3.84. The van der Waals surface area contributed by atoms with E-state index in [-0.39, 0.29) is 0 Å². The van der Waals surface area contributed by atoms with E-state index in [1.807, 2.05) is 13.1 Å². The van der Waals surface area contributed by atoms with Crippen LogP contribution in [-0.4, -0.2) is 28.1 Å². The average molecular weight is 196 g/mol. The molecule has 1 N–H and O–H groups in total.